The molecule has 3 aliphatic rings. The van der Waals surface area contributed by atoms with Crippen LogP contribution in [-0.4, -0.2) is 82.2 Å². The van der Waals surface area contributed by atoms with Crippen molar-refractivity contribution in [2.24, 2.45) is 11.8 Å². The fourth-order valence-electron chi connectivity index (χ4n) is 7.34. The molecule has 262 valence electrons. The summed E-state index contributed by atoms with van der Waals surface area (Å²) in [6, 6.07) is 9.03. The number of carbonyl (C=O) groups excluding carboxylic acids is 4. The minimum absolute atomic E-state index is 0.0265. The molecule has 13 heteroatoms. The molecule has 4 amide bonds. The summed E-state index contributed by atoms with van der Waals surface area (Å²) in [6.07, 6.45) is 8.73. The molecule has 3 N–H and O–H groups in total. The molecule has 3 aromatic rings. The van der Waals surface area contributed by atoms with Crippen molar-refractivity contribution in [2.75, 3.05) is 32.7 Å². The minimum atomic E-state index is -0.668. The zero-order valence-electron chi connectivity index (χ0n) is 28.4. The maximum atomic E-state index is 13.7. The van der Waals surface area contributed by atoms with Gasteiger partial charge in [-0.15, -0.1) is 11.3 Å². The van der Waals surface area contributed by atoms with Crippen LogP contribution in [0, 0.1) is 11.8 Å². The van der Waals surface area contributed by atoms with E-state index in [4.69, 9.17) is 4.42 Å². The van der Waals surface area contributed by atoms with Crippen LogP contribution in [0.2, 0.25) is 0 Å². The maximum absolute atomic E-state index is 13.7. The van der Waals surface area contributed by atoms with Crippen LogP contribution < -0.4 is 16.0 Å². The molecule has 0 aliphatic carbocycles. The number of piperidine rings is 2. The van der Waals surface area contributed by atoms with Crippen molar-refractivity contribution >= 4 is 35.0 Å². The highest BCUT2D eigenvalue weighted by atomic mass is 32.1. The van der Waals surface area contributed by atoms with Crippen molar-refractivity contribution in [3.63, 3.8) is 0 Å². The first-order valence-electron chi connectivity index (χ1n) is 17.6. The highest BCUT2D eigenvalue weighted by molar-refractivity contribution is 7.09. The number of hydrogen-bond acceptors (Lipinski definition) is 9. The normalized spacial score (nSPS) is 24.3. The zero-order valence-corrected chi connectivity index (χ0v) is 29.2. The third kappa shape index (κ3) is 8.74. The Bertz CT molecular complexity index is 1610. The standard InChI is InChI=1S/C36H47N7O5S/c1-23(2)32-36-40-28(22-49-36)34(47)38-26(19-24-9-4-3-5-10-24)35-39-27(21-48-35)33(46)37-15-18-43(20-30(44)41-32)31(45)14-13-25-11-8-17-42-16-7-6-12-29(25)42/h3-5,9-10,21-23,25-26,29,32H,6-8,11-20H2,1-2H3,(H,37,46)(H,38,47)(H,41,44)/t25-,26-,29+,32-/m0/s1. The number of oxazole rings is 1. The Kier molecular flexibility index (Phi) is 11.4. The second kappa shape index (κ2) is 16.1. The number of hydrogen-bond donors (Lipinski definition) is 3. The van der Waals surface area contributed by atoms with Crippen molar-refractivity contribution in [3.8, 4) is 0 Å². The molecule has 4 bridgehead atoms. The Labute approximate surface area is 291 Å². The van der Waals surface area contributed by atoms with Gasteiger partial charge in [0.2, 0.25) is 17.7 Å². The van der Waals surface area contributed by atoms with Crippen LogP contribution in [0.5, 0.6) is 0 Å². The molecule has 0 spiro atoms. The first kappa shape index (κ1) is 34.8. The average Bonchev–Trinajstić information content (AvgIpc) is 3.80. The highest BCUT2D eigenvalue weighted by Crippen LogP contribution is 2.34. The van der Waals surface area contributed by atoms with Crippen molar-refractivity contribution in [1.82, 2.24) is 35.7 Å². The second-order valence-electron chi connectivity index (χ2n) is 13.8. The molecule has 2 aromatic heterocycles. The van der Waals surface area contributed by atoms with Crippen molar-refractivity contribution < 1.29 is 23.6 Å². The van der Waals surface area contributed by atoms with Crippen LogP contribution in [0.3, 0.4) is 0 Å². The van der Waals surface area contributed by atoms with Crippen LogP contribution in [0.4, 0.5) is 0 Å². The molecule has 0 unspecified atom stereocenters. The first-order valence-corrected chi connectivity index (χ1v) is 18.5. The number of benzene rings is 1. The topological polar surface area (TPSA) is 150 Å². The van der Waals surface area contributed by atoms with Gasteiger partial charge in [-0.05, 0) is 62.6 Å². The van der Waals surface area contributed by atoms with Crippen LogP contribution in [0.15, 0.2) is 46.4 Å². The largest absolute Gasteiger partial charge is 0.446 e. The molecular weight excluding hydrogens is 643 g/mol. The van der Waals surface area contributed by atoms with E-state index in [9.17, 15) is 19.2 Å². The van der Waals surface area contributed by atoms with Gasteiger partial charge in [0.05, 0.1) is 12.6 Å². The fraction of sp³-hybridized carbons (Fsp3) is 0.556. The van der Waals surface area contributed by atoms with E-state index in [1.54, 1.807) is 10.3 Å². The SMILES string of the molecule is CC(C)[C@@H]1NC(=O)CN(C(=O)CC[C@@H]2CCCN3CCCC[C@H]23)CCNC(=O)c2coc(n2)[C@H](Cc2ccccc2)NC(=O)c2csc1n2. The van der Waals surface area contributed by atoms with Gasteiger partial charge >= 0.3 is 0 Å². The Balaban J connectivity index is 1.22. The number of rotatable bonds is 6. The van der Waals surface area contributed by atoms with Crippen molar-refractivity contribution in [1.29, 1.82) is 0 Å². The lowest BCUT2D eigenvalue weighted by Gasteiger charge is -2.44. The van der Waals surface area contributed by atoms with Crippen molar-refractivity contribution in [3.05, 3.63) is 69.8 Å². The van der Waals surface area contributed by atoms with E-state index in [2.05, 4.69) is 30.8 Å². The molecule has 12 nitrogen and oxygen atoms in total. The second-order valence-corrected chi connectivity index (χ2v) is 14.6. The van der Waals surface area contributed by atoms with Gasteiger partial charge in [0.1, 0.15) is 23.0 Å². The average molecular weight is 690 g/mol. The first-order chi connectivity index (χ1) is 23.7. The molecule has 49 heavy (non-hydrogen) atoms. The number of thiazole rings is 1. The summed E-state index contributed by atoms with van der Waals surface area (Å²) in [5.41, 5.74) is 1.22. The summed E-state index contributed by atoms with van der Waals surface area (Å²) in [5, 5.41) is 11.2. The van der Waals surface area contributed by atoms with Gasteiger partial charge in [-0.1, -0.05) is 50.6 Å². The van der Waals surface area contributed by atoms with Crippen LogP contribution in [-0.2, 0) is 16.0 Å². The van der Waals surface area contributed by atoms with E-state index >= 15 is 0 Å². The molecule has 6 rings (SSSR count). The van der Waals surface area contributed by atoms with Gasteiger partial charge in [0.15, 0.2) is 5.69 Å². The Hall–Kier alpha value is -4.10. The summed E-state index contributed by atoms with van der Waals surface area (Å²) in [4.78, 5) is 67.1. The number of nitrogens with one attached hydrogen (secondary N) is 3. The Morgan fingerprint density at radius 3 is 2.61 bits per heavy atom. The molecule has 3 aliphatic heterocycles. The quantitative estimate of drug-likeness (QED) is 0.348. The molecule has 0 saturated carbocycles. The molecular formula is C36H47N7O5S. The highest BCUT2D eigenvalue weighted by Gasteiger charge is 2.34. The zero-order chi connectivity index (χ0) is 34.3. The summed E-state index contributed by atoms with van der Waals surface area (Å²) in [5.74, 6) is -0.672. The number of fused-ring (bicyclic) bond motifs is 5. The minimum Gasteiger partial charge on any atom is -0.446 e. The smallest absolute Gasteiger partial charge is 0.273 e. The number of nitrogens with zero attached hydrogens (tertiary/aromatic N) is 4. The van der Waals surface area contributed by atoms with Gasteiger partial charge < -0.3 is 30.2 Å². The molecule has 2 saturated heterocycles. The van der Waals surface area contributed by atoms with E-state index in [0.29, 0.717) is 29.8 Å². The number of carbonyl (C=O) groups is 4. The predicted molar refractivity (Wildman–Crippen MR) is 185 cm³/mol. The van der Waals surface area contributed by atoms with Gasteiger partial charge in [-0.25, -0.2) is 9.97 Å². The summed E-state index contributed by atoms with van der Waals surface area (Å²) < 4.78 is 5.74. The fourth-order valence-corrected chi connectivity index (χ4v) is 8.36. The van der Waals surface area contributed by atoms with Crippen LogP contribution >= 0.6 is 11.3 Å². The lowest BCUT2D eigenvalue weighted by atomic mass is 9.81. The monoisotopic (exact) mass is 689 g/mol. The van der Waals surface area contributed by atoms with Gasteiger partial charge in [-0.2, -0.15) is 0 Å². The number of aromatic nitrogens is 2. The van der Waals surface area contributed by atoms with Gasteiger partial charge in [0.25, 0.3) is 11.8 Å². The summed E-state index contributed by atoms with van der Waals surface area (Å²) in [7, 11) is 0. The van der Waals surface area contributed by atoms with Crippen molar-refractivity contribution in [2.45, 2.75) is 83.3 Å². The molecule has 4 atom stereocenters. The Morgan fingerprint density at radius 1 is 0.980 bits per heavy atom. The molecule has 1 aromatic carbocycles. The van der Waals surface area contributed by atoms with E-state index in [0.717, 1.165) is 37.9 Å². The molecule has 0 radical (unpaired) electrons. The predicted octanol–water partition coefficient (Wildman–Crippen LogP) is 4.27. The molecule has 5 heterocycles. The summed E-state index contributed by atoms with van der Waals surface area (Å²) in [6.45, 7) is 6.40. The third-order valence-electron chi connectivity index (χ3n) is 9.96. The van der Waals surface area contributed by atoms with Gasteiger partial charge in [0, 0.05) is 37.4 Å². The number of amides is 4. The van der Waals surface area contributed by atoms with E-state index in [1.807, 2.05) is 44.2 Å². The van der Waals surface area contributed by atoms with E-state index in [1.165, 1.54) is 36.9 Å². The van der Waals surface area contributed by atoms with Crippen LogP contribution in [0.1, 0.15) is 108 Å². The Morgan fingerprint density at radius 2 is 1.80 bits per heavy atom. The summed E-state index contributed by atoms with van der Waals surface area (Å²) >= 11 is 1.30. The lowest BCUT2D eigenvalue weighted by molar-refractivity contribution is -0.136. The molecule has 2 fully saturated rings. The van der Waals surface area contributed by atoms with Gasteiger partial charge in [-0.3, -0.25) is 19.2 Å². The van der Waals surface area contributed by atoms with E-state index in [-0.39, 0.29) is 54.6 Å². The lowest BCUT2D eigenvalue weighted by Crippen LogP contribution is -2.48. The maximum Gasteiger partial charge on any atom is 0.273 e. The van der Waals surface area contributed by atoms with E-state index < -0.39 is 23.9 Å². The third-order valence-corrected chi connectivity index (χ3v) is 10.9. The van der Waals surface area contributed by atoms with Crippen LogP contribution in [0.25, 0.3) is 0 Å².